The van der Waals surface area contributed by atoms with E-state index in [1.165, 1.54) is 10.8 Å². The monoisotopic (exact) mass is 600 g/mol. The molecule has 2 heterocycles. The number of halogens is 5. The number of nitrogens with one attached hydrogen (secondary N) is 1. The molecule has 1 saturated carbocycles. The highest BCUT2D eigenvalue weighted by molar-refractivity contribution is 6.76. The predicted molar refractivity (Wildman–Crippen MR) is 145 cm³/mol. The first-order chi connectivity index (χ1) is 18.9. The highest BCUT2D eigenvalue weighted by Gasteiger charge is 2.65. The molecule has 1 fully saturated rings. The van der Waals surface area contributed by atoms with Crippen LogP contribution in [0.15, 0.2) is 24.7 Å². The van der Waals surface area contributed by atoms with Crippen LogP contribution >= 0.6 is 0 Å². The van der Waals surface area contributed by atoms with Crippen molar-refractivity contribution in [3.05, 3.63) is 41.9 Å². The largest absolute Gasteiger partial charge is 0.444 e. The van der Waals surface area contributed by atoms with E-state index >= 15 is 8.78 Å². The van der Waals surface area contributed by atoms with Crippen LogP contribution in [0.4, 0.5) is 32.4 Å². The highest BCUT2D eigenvalue weighted by Crippen LogP contribution is 2.61. The summed E-state index contributed by atoms with van der Waals surface area (Å²) in [6.07, 6.45) is -3.48. The fourth-order valence-corrected chi connectivity index (χ4v) is 5.01. The fraction of sp³-hybridized carbons (Fsp3) is 0.519. The van der Waals surface area contributed by atoms with Gasteiger partial charge in [-0.2, -0.15) is 13.2 Å². The molecule has 0 radical (unpaired) electrons. The number of rotatable bonds is 9. The molecular formula is C27H33F5N4O4Si. The quantitative estimate of drug-likeness (QED) is 0.154. The van der Waals surface area contributed by atoms with Crippen LogP contribution in [-0.4, -0.2) is 47.1 Å². The number of nitrogens with zero attached hydrogens (tertiary/aromatic N) is 3. The minimum Gasteiger partial charge on any atom is -0.444 e. The second-order valence-electron chi connectivity index (χ2n) is 12.3. The molecule has 8 nitrogen and oxygen atoms in total. The predicted octanol–water partition coefficient (Wildman–Crippen LogP) is 7.76. The van der Waals surface area contributed by atoms with Crippen LogP contribution in [0, 0.1) is 11.6 Å². The molecule has 1 N–H and O–H groups in total. The van der Waals surface area contributed by atoms with Crippen molar-refractivity contribution in [2.75, 3.05) is 11.9 Å². The number of aromatic nitrogens is 3. The number of carbonyl (C=O) groups excluding carboxylic acids is 1. The molecule has 41 heavy (non-hydrogen) atoms. The van der Waals surface area contributed by atoms with Gasteiger partial charge in [-0.25, -0.2) is 23.5 Å². The maximum atomic E-state index is 15.0. The number of benzene rings is 1. The molecule has 1 aliphatic carbocycles. The van der Waals surface area contributed by atoms with Crippen molar-refractivity contribution in [1.29, 1.82) is 0 Å². The smallest absolute Gasteiger partial charge is 0.412 e. The van der Waals surface area contributed by atoms with Crippen LogP contribution in [-0.2, 0) is 21.6 Å². The summed E-state index contributed by atoms with van der Waals surface area (Å²) in [4.78, 5) is 20.1. The number of carbonyl (C=O) groups is 1. The SMILES string of the molecule is CC(C)(C)OC(=O)Nc1cc(F)c(Oc2ncnc3c2c(C2(C(F)(F)F)CC2)cn3COCC[Si](C)(C)C)c(F)c1. The topological polar surface area (TPSA) is 87.5 Å². The molecule has 1 amide bonds. The van der Waals surface area contributed by atoms with E-state index in [-0.39, 0.29) is 41.9 Å². The summed E-state index contributed by atoms with van der Waals surface area (Å²) in [6, 6.07) is 2.46. The summed E-state index contributed by atoms with van der Waals surface area (Å²) >= 11 is 0. The van der Waals surface area contributed by atoms with Gasteiger partial charge in [-0.3, -0.25) is 5.32 Å². The Balaban J connectivity index is 1.69. The number of anilines is 1. The maximum Gasteiger partial charge on any atom is 0.412 e. The third-order valence-electron chi connectivity index (χ3n) is 6.50. The first-order valence-electron chi connectivity index (χ1n) is 13.1. The fourth-order valence-electron chi connectivity index (χ4n) is 4.25. The van der Waals surface area contributed by atoms with E-state index in [0.717, 1.165) is 24.5 Å². The Morgan fingerprint density at radius 2 is 1.73 bits per heavy atom. The van der Waals surface area contributed by atoms with Gasteiger partial charge in [-0.15, -0.1) is 0 Å². The standard InChI is InChI=1S/C27H33F5N4O4Si/c1-25(2,3)40-24(37)35-16-11-18(28)21(19(29)12-16)39-23-20-17(26(7-8-26)27(30,31)32)13-36(22(20)33-14-34-23)15-38-9-10-41(4,5)6/h11-14H,7-10,15H2,1-6H3,(H,35,37). The van der Waals surface area contributed by atoms with Crippen LogP contribution in [0.5, 0.6) is 11.6 Å². The Labute approximate surface area is 235 Å². The van der Waals surface area contributed by atoms with Gasteiger partial charge in [0.25, 0.3) is 0 Å². The van der Waals surface area contributed by atoms with Gasteiger partial charge in [0, 0.05) is 38.6 Å². The molecule has 4 rings (SSSR count). The zero-order valence-electron chi connectivity index (χ0n) is 23.7. The molecule has 0 saturated heterocycles. The average Bonchev–Trinajstić information content (AvgIpc) is 3.54. The highest BCUT2D eigenvalue weighted by atomic mass is 28.3. The zero-order valence-corrected chi connectivity index (χ0v) is 24.7. The van der Waals surface area contributed by atoms with Gasteiger partial charge in [-0.1, -0.05) is 19.6 Å². The number of ether oxygens (including phenoxy) is 3. The maximum absolute atomic E-state index is 15.0. The van der Waals surface area contributed by atoms with Crippen molar-refractivity contribution < 1.29 is 41.0 Å². The van der Waals surface area contributed by atoms with Crippen molar-refractivity contribution >= 4 is 30.9 Å². The molecule has 0 spiro atoms. The van der Waals surface area contributed by atoms with E-state index in [1.54, 1.807) is 20.8 Å². The number of fused-ring (bicyclic) bond motifs is 1. The second kappa shape index (κ2) is 10.9. The average molecular weight is 601 g/mol. The van der Waals surface area contributed by atoms with Crippen LogP contribution in [0.3, 0.4) is 0 Å². The molecule has 0 bridgehead atoms. The van der Waals surface area contributed by atoms with Gasteiger partial charge in [0.05, 0.1) is 16.5 Å². The number of hydrogen-bond donors (Lipinski definition) is 1. The summed E-state index contributed by atoms with van der Waals surface area (Å²) in [5, 5.41) is 2.12. The van der Waals surface area contributed by atoms with Crippen molar-refractivity contribution in [1.82, 2.24) is 14.5 Å². The van der Waals surface area contributed by atoms with Gasteiger partial charge in [0.1, 0.15) is 24.3 Å². The Bertz CT molecular complexity index is 1420. The molecule has 2 aromatic heterocycles. The third-order valence-corrected chi connectivity index (χ3v) is 8.20. The van der Waals surface area contributed by atoms with E-state index in [2.05, 4.69) is 34.9 Å². The Hall–Kier alpha value is -3.26. The molecule has 0 atom stereocenters. The van der Waals surface area contributed by atoms with Gasteiger partial charge in [0.15, 0.2) is 11.6 Å². The van der Waals surface area contributed by atoms with Crippen molar-refractivity contribution in [3.63, 3.8) is 0 Å². The van der Waals surface area contributed by atoms with Gasteiger partial charge in [-0.05, 0) is 39.7 Å². The van der Waals surface area contributed by atoms with Gasteiger partial charge < -0.3 is 18.8 Å². The van der Waals surface area contributed by atoms with E-state index < -0.39 is 54.6 Å². The van der Waals surface area contributed by atoms with Crippen LogP contribution in [0.2, 0.25) is 25.7 Å². The summed E-state index contributed by atoms with van der Waals surface area (Å²) in [7, 11) is -1.41. The van der Waals surface area contributed by atoms with Crippen molar-refractivity contribution in [3.8, 4) is 11.6 Å². The molecule has 0 aliphatic heterocycles. The first-order valence-corrected chi connectivity index (χ1v) is 16.8. The van der Waals surface area contributed by atoms with E-state index in [4.69, 9.17) is 14.2 Å². The Kier molecular flexibility index (Phi) is 8.13. The molecule has 0 unspecified atom stereocenters. The molecule has 224 valence electrons. The summed E-state index contributed by atoms with van der Waals surface area (Å²) in [5.74, 6) is -3.76. The minimum absolute atomic E-state index is 0.0703. The van der Waals surface area contributed by atoms with Crippen molar-refractivity contribution in [2.24, 2.45) is 0 Å². The third kappa shape index (κ3) is 6.97. The van der Waals surface area contributed by atoms with Crippen LogP contribution in [0.1, 0.15) is 39.2 Å². The van der Waals surface area contributed by atoms with Gasteiger partial charge >= 0.3 is 12.3 Å². The number of hydrogen-bond acceptors (Lipinski definition) is 6. The molecule has 1 aromatic carbocycles. The van der Waals surface area contributed by atoms with Crippen molar-refractivity contribution in [2.45, 2.75) is 83.2 Å². The number of amides is 1. The lowest BCUT2D eigenvalue weighted by Crippen LogP contribution is -2.28. The molecule has 3 aromatic rings. The Morgan fingerprint density at radius 3 is 2.27 bits per heavy atom. The molecule has 1 aliphatic rings. The lowest BCUT2D eigenvalue weighted by molar-refractivity contribution is -0.160. The molecule has 14 heteroatoms. The van der Waals surface area contributed by atoms with Crippen LogP contribution in [0.25, 0.3) is 11.0 Å². The lowest BCUT2D eigenvalue weighted by Gasteiger charge is -2.20. The van der Waals surface area contributed by atoms with E-state index in [1.807, 2.05) is 0 Å². The lowest BCUT2D eigenvalue weighted by atomic mass is 9.96. The Morgan fingerprint density at radius 1 is 1.10 bits per heavy atom. The summed E-state index contributed by atoms with van der Waals surface area (Å²) in [6.45, 7) is 11.7. The summed E-state index contributed by atoms with van der Waals surface area (Å²) < 4.78 is 90.4. The van der Waals surface area contributed by atoms with E-state index in [0.29, 0.717) is 6.61 Å². The second-order valence-corrected chi connectivity index (χ2v) is 17.9. The first kappa shape index (κ1) is 30.7. The normalized spacial score (nSPS) is 15.2. The van der Waals surface area contributed by atoms with Crippen LogP contribution < -0.4 is 10.1 Å². The van der Waals surface area contributed by atoms with Gasteiger partial charge in [0.2, 0.25) is 11.6 Å². The summed E-state index contributed by atoms with van der Waals surface area (Å²) in [5.41, 5.74) is -3.31. The molecular weight excluding hydrogens is 567 g/mol. The minimum atomic E-state index is -4.58. The number of alkyl halides is 3. The van der Waals surface area contributed by atoms with E-state index in [9.17, 15) is 18.0 Å². The zero-order chi connectivity index (χ0) is 30.4.